The van der Waals surface area contributed by atoms with Gasteiger partial charge in [-0.25, -0.2) is 8.42 Å². The quantitative estimate of drug-likeness (QED) is 0.739. The monoisotopic (exact) mass is 301 g/mol. The van der Waals surface area contributed by atoms with E-state index in [0.29, 0.717) is 0 Å². The van der Waals surface area contributed by atoms with Gasteiger partial charge in [0.25, 0.3) is 0 Å². The topological polar surface area (TPSA) is 83.5 Å². The molecule has 2 N–H and O–H groups in total. The Balaban J connectivity index is 2.20. The lowest BCUT2D eigenvalue weighted by Crippen LogP contribution is -2.62. The molecule has 9 heteroatoms. The van der Waals surface area contributed by atoms with Crippen molar-refractivity contribution in [3.05, 3.63) is 0 Å². The molecule has 1 aliphatic carbocycles. The van der Waals surface area contributed by atoms with Crippen LogP contribution in [0.15, 0.2) is 0 Å². The Bertz CT molecular complexity index is 476. The number of hydrogen-bond donors (Lipinski definition) is 2. The van der Waals surface area contributed by atoms with E-state index in [2.05, 4.69) is 5.32 Å². The molecule has 1 aliphatic heterocycles. The maximum Gasteiger partial charge on any atom is 0.391 e. The van der Waals surface area contributed by atoms with E-state index in [1.54, 1.807) is 0 Å². The van der Waals surface area contributed by atoms with Crippen molar-refractivity contribution in [1.82, 2.24) is 5.32 Å². The van der Waals surface area contributed by atoms with E-state index < -0.39 is 57.4 Å². The smallest absolute Gasteiger partial charge is 0.391 e. The van der Waals surface area contributed by atoms with Crippen LogP contribution >= 0.6 is 0 Å². The highest BCUT2D eigenvalue weighted by atomic mass is 32.2. The second-order valence-electron chi connectivity index (χ2n) is 5.08. The normalized spacial score (nSPS) is 38.5. The predicted octanol–water partition coefficient (Wildman–Crippen LogP) is 0.557. The highest BCUT2D eigenvalue weighted by molar-refractivity contribution is 7.92. The summed E-state index contributed by atoms with van der Waals surface area (Å²) in [6.45, 7) is 0. The fraction of sp³-hybridized carbons (Fsp3) is 0.900. The number of nitrogens with one attached hydrogen (secondary N) is 1. The number of hydrogen-bond acceptors (Lipinski definition) is 4. The molecule has 19 heavy (non-hydrogen) atoms. The summed E-state index contributed by atoms with van der Waals surface area (Å²) in [5.41, 5.74) is 0. The van der Waals surface area contributed by atoms with Crippen molar-refractivity contribution in [3.63, 3.8) is 0 Å². The van der Waals surface area contributed by atoms with Gasteiger partial charge in [0.1, 0.15) is 6.04 Å². The molecule has 0 spiro atoms. The fourth-order valence-electron chi connectivity index (χ4n) is 2.82. The molecule has 5 nitrogen and oxygen atoms in total. The van der Waals surface area contributed by atoms with Crippen LogP contribution in [0, 0.1) is 5.92 Å². The maximum absolute atomic E-state index is 12.6. The van der Waals surface area contributed by atoms with Gasteiger partial charge in [-0.3, -0.25) is 10.1 Å². The largest absolute Gasteiger partial charge is 0.480 e. The van der Waals surface area contributed by atoms with E-state index in [1.165, 1.54) is 0 Å². The van der Waals surface area contributed by atoms with Crippen LogP contribution in [0.4, 0.5) is 13.2 Å². The summed E-state index contributed by atoms with van der Waals surface area (Å²) in [5, 5.41) is 10.3. The minimum absolute atomic E-state index is 0.0256. The van der Waals surface area contributed by atoms with Crippen molar-refractivity contribution in [2.24, 2.45) is 5.92 Å². The number of rotatable bonds is 1. The third-order valence-electron chi connectivity index (χ3n) is 3.83. The summed E-state index contributed by atoms with van der Waals surface area (Å²) in [6, 6.07) is -1.92. The number of fused-ring (bicyclic) bond motifs is 1. The summed E-state index contributed by atoms with van der Waals surface area (Å²) in [5.74, 6) is -3.56. The van der Waals surface area contributed by atoms with Crippen LogP contribution in [0.2, 0.25) is 0 Å². The summed E-state index contributed by atoms with van der Waals surface area (Å²) in [6.07, 6.45) is -5.02. The Morgan fingerprint density at radius 2 is 1.89 bits per heavy atom. The standard InChI is InChI=1S/C10H14F3NO4S/c11-10(12,13)5-1-2-6-8(3-5)19(17,18)4-7(14-6)9(15)16/h5-8,14H,1-4H2,(H,15,16). The minimum atomic E-state index is -4.40. The van der Waals surface area contributed by atoms with Gasteiger partial charge in [-0.15, -0.1) is 0 Å². The van der Waals surface area contributed by atoms with Crippen LogP contribution in [0.3, 0.4) is 0 Å². The molecule has 0 aromatic rings. The highest BCUT2D eigenvalue weighted by Crippen LogP contribution is 2.41. The van der Waals surface area contributed by atoms with Crippen molar-refractivity contribution in [2.75, 3.05) is 5.75 Å². The van der Waals surface area contributed by atoms with E-state index in [9.17, 15) is 26.4 Å². The lowest BCUT2D eigenvalue weighted by Gasteiger charge is -2.41. The Morgan fingerprint density at radius 3 is 2.42 bits per heavy atom. The first-order valence-electron chi connectivity index (χ1n) is 5.88. The molecule has 0 aromatic heterocycles. The molecule has 1 saturated carbocycles. The second kappa shape index (κ2) is 4.62. The molecule has 0 amide bonds. The fourth-order valence-corrected chi connectivity index (χ4v) is 5.01. The van der Waals surface area contributed by atoms with Gasteiger partial charge >= 0.3 is 12.1 Å². The maximum atomic E-state index is 12.6. The van der Waals surface area contributed by atoms with Gasteiger partial charge in [-0.1, -0.05) is 0 Å². The number of aliphatic carboxylic acids is 1. The molecule has 2 rings (SSSR count). The summed E-state index contributed by atoms with van der Waals surface area (Å²) < 4.78 is 61.8. The van der Waals surface area contributed by atoms with Gasteiger partial charge in [0.15, 0.2) is 9.84 Å². The van der Waals surface area contributed by atoms with Gasteiger partial charge in [0.2, 0.25) is 0 Å². The lowest BCUT2D eigenvalue weighted by molar-refractivity contribution is -0.182. The molecule has 2 aliphatic rings. The molecule has 0 aromatic carbocycles. The zero-order valence-corrected chi connectivity index (χ0v) is 10.7. The third kappa shape index (κ3) is 2.86. The minimum Gasteiger partial charge on any atom is -0.480 e. The van der Waals surface area contributed by atoms with E-state index >= 15 is 0 Å². The van der Waals surface area contributed by atoms with Crippen molar-refractivity contribution in [1.29, 1.82) is 0 Å². The molecule has 0 radical (unpaired) electrons. The first-order chi connectivity index (χ1) is 8.61. The van der Waals surface area contributed by atoms with Crippen LogP contribution in [-0.4, -0.2) is 48.8 Å². The molecule has 0 bridgehead atoms. The van der Waals surface area contributed by atoms with Gasteiger partial charge in [0.05, 0.1) is 16.9 Å². The average Bonchev–Trinajstić information content (AvgIpc) is 2.26. The number of sulfone groups is 1. The Kier molecular flexibility index (Phi) is 3.54. The number of carboxylic acid groups (broad SMARTS) is 1. The van der Waals surface area contributed by atoms with Crippen molar-refractivity contribution >= 4 is 15.8 Å². The predicted molar refractivity (Wildman–Crippen MR) is 59.3 cm³/mol. The van der Waals surface area contributed by atoms with Crippen LogP contribution in [0.5, 0.6) is 0 Å². The number of halogens is 3. The molecular weight excluding hydrogens is 287 g/mol. The van der Waals surface area contributed by atoms with Crippen LogP contribution in [0.25, 0.3) is 0 Å². The Hall–Kier alpha value is -0.830. The van der Waals surface area contributed by atoms with Crippen molar-refractivity contribution in [2.45, 2.75) is 42.8 Å². The third-order valence-corrected chi connectivity index (χ3v) is 6.07. The van der Waals surface area contributed by atoms with Gasteiger partial charge in [-0.2, -0.15) is 13.2 Å². The van der Waals surface area contributed by atoms with Crippen LogP contribution < -0.4 is 5.32 Å². The summed E-state index contributed by atoms with van der Waals surface area (Å²) in [7, 11) is -3.81. The molecule has 110 valence electrons. The van der Waals surface area contributed by atoms with E-state index in [-0.39, 0.29) is 12.8 Å². The Morgan fingerprint density at radius 1 is 1.26 bits per heavy atom. The second-order valence-corrected chi connectivity index (χ2v) is 7.35. The molecule has 1 heterocycles. The van der Waals surface area contributed by atoms with Gasteiger partial charge in [-0.05, 0) is 19.3 Å². The molecule has 4 atom stereocenters. The van der Waals surface area contributed by atoms with Crippen LogP contribution in [-0.2, 0) is 14.6 Å². The summed E-state index contributed by atoms with van der Waals surface area (Å²) >= 11 is 0. The zero-order chi connectivity index (χ0) is 14.4. The summed E-state index contributed by atoms with van der Waals surface area (Å²) in [4.78, 5) is 10.8. The first kappa shape index (κ1) is 14.6. The zero-order valence-electron chi connectivity index (χ0n) is 9.85. The van der Waals surface area contributed by atoms with Crippen LogP contribution in [0.1, 0.15) is 19.3 Å². The van der Waals surface area contributed by atoms with Gasteiger partial charge in [0, 0.05) is 6.04 Å². The highest BCUT2D eigenvalue weighted by Gasteiger charge is 2.51. The molecule has 4 unspecified atom stereocenters. The van der Waals surface area contributed by atoms with Gasteiger partial charge < -0.3 is 5.11 Å². The molecular formula is C10H14F3NO4S. The number of alkyl halides is 3. The van der Waals surface area contributed by atoms with E-state index in [0.717, 1.165) is 0 Å². The lowest BCUT2D eigenvalue weighted by atomic mass is 9.84. The Labute approximate surface area is 108 Å². The molecule has 1 saturated heterocycles. The SMILES string of the molecule is O=C(O)C1CS(=O)(=O)C2CC(C(F)(F)F)CCC2N1. The first-order valence-corrected chi connectivity index (χ1v) is 7.60. The van der Waals surface area contributed by atoms with E-state index in [4.69, 9.17) is 5.11 Å². The van der Waals surface area contributed by atoms with Crippen molar-refractivity contribution in [3.8, 4) is 0 Å². The molecule has 2 fully saturated rings. The number of carbonyl (C=O) groups is 1. The van der Waals surface area contributed by atoms with E-state index in [1.807, 2.05) is 0 Å². The van der Waals surface area contributed by atoms with Crippen molar-refractivity contribution < 1.29 is 31.5 Å². The number of carboxylic acids is 1. The average molecular weight is 301 g/mol.